The minimum Gasteiger partial charge on any atom is -0.465 e. The third-order valence-electron chi connectivity index (χ3n) is 8.17. The third-order valence-corrected chi connectivity index (χ3v) is 8.17. The second-order valence-corrected chi connectivity index (χ2v) is 14.0. The van der Waals surface area contributed by atoms with Crippen molar-refractivity contribution in [3.63, 3.8) is 0 Å². The van der Waals surface area contributed by atoms with Crippen LogP contribution in [0.4, 0.5) is 4.79 Å². The molecule has 4 rings (SSSR count). The summed E-state index contributed by atoms with van der Waals surface area (Å²) in [4.78, 5) is 54.3. The van der Waals surface area contributed by atoms with Crippen LogP contribution in [0.3, 0.4) is 0 Å². The van der Waals surface area contributed by atoms with Crippen LogP contribution in [-0.2, 0) is 36.8 Å². The molecule has 1 heterocycles. The lowest BCUT2D eigenvalue weighted by Gasteiger charge is -2.36. The Bertz CT molecular complexity index is 1380. The number of benzene rings is 2. The smallest absolute Gasteiger partial charge is 0.408 e. The maximum Gasteiger partial charge on any atom is 0.408 e. The molecular weight excluding hydrogens is 574 g/mol. The lowest BCUT2D eigenvalue weighted by atomic mass is 9.85. The molecule has 1 fully saturated rings. The Morgan fingerprint density at radius 3 is 2.31 bits per heavy atom. The van der Waals surface area contributed by atoms with E-state index in [0.717, 1.165) is 30.4 Å². The largest absolute Gasteiger partial charge is 0.465 e. The Morgan fingerprint density at radius 1 is 0.978 bits per heavy atom. The molecule has 0 aromatic heterocycles. The van der Waals surface area contributed by atoms with Gasteiger partial charge in [0.25, 0.3) is 0 Å². The standard InChI is InChI=1S/C35H47N3O7/c1-34(2,3)29(37-33(42)45-35(4,5)6)31(40)38-20-25(44-21-22-15-17-24(18-16-22)32(41)43-7)19-28(38)30(39)36-27-14-10-12-23-11-8-9-13-26(23)27/h8-9,11,13,15-18,25,27-29H,10,12,14,19-21H2,1-7H3,(H,36,39)(H,37,42). The molecular formula is C35H47N3O7. The van der Waals surface area contributed by atoms with Crippen LogP contribution in [0.15, 0.2) is 48.5 Å². The van der Waals surface area contributed by atoms with Crippen LogP contribution in [-0.4, -0.2) is 66.2 Å². The van der Waals surface area contributed by atoms with E-state index in [0.29, 0.717) is 12.0 Å². The van der Waals surface area contributed by atoms with Gasteiger partial charge in [0.05, 0.1) is 31.4 Å². The molecule has 0 spiro atoms. The summed E-state index contributed by atoms with van der Waals surface area (Å²) in [6.07, 6.45) is 1.92. The van der Waals surface area contributed by atoms with Crippen molar-refractivity contribution in [3.05, 3.63) is 70.8 Å². The number of carbonyl (C=O) groups excluding carboxylic acids is 4. The molecule has 2 aliphatic rings. The Kier molecular flexibility index (Phi) is 10.6. The van der Waals surface area contributed by atoms with Crippen LogP contribution in [0.5, 0.6) is 0 Å². The van der Waals surface area contributed by atoms with Crippen molar-refractivity contribution in [1.82, 2.24) is 15.5 Å². The summed E-state index contributed by atoms with van der Waals surface area (Å²) < 4.78 is 16.5. The van der Waals surface area contributed by atoms with Gasteiger partial charge in [-0.25, -0.2) is 9.59 Å². The number of nitrogens with one attached hydrogen (secondary N) is 2. The molecule has 10 nitrogen and oxygen atoms in total. The number of alkyl carbamates (subject to hydrolysis) is 1. The predicted molar refractivity (Wildman–Crippen MR) is 169 cm³/mol. The summed E-state index contributed by atoms with van der Waals surface area (Å²) in [7, 11) is 1.33. The fourth-order valence-electron chi connectivity index (χ4n) is 5.89. The Balaban J connectivity index is 1.54. The molecule has 3 amide bonds. The SMILES string of the molecule is COC(=O)c1ccc(COC2CC(C(=O)NC3CCCc4ccccc43)N(C(=O)C(NC(=O)OC(C)(C)C)C(C)(C)C)C2)cc1. The fraction of sp³-hybridized carbons (Fsp3) is 0.543. The summed E-state index contributed by atoms with van der Waals surface area (Å²) in [5.41, 5.74) is 2.20. The van der Waals surface area contributed by atoms with Crippen molar-refractivity contribution < 1.29 is 33.4 Å². The molecule has 1 aliphatic heterocycles. The van der Waals surface area contributed by atoms with E-state index >= 15 is 0 Å². The molecule has 1 saturated heterocycles. The van der Waals surface area contributed by atoms with Crippen LogP contribution < -0.4 is 10.6 Å². The van der Waals surface area contributed by atoms with Crippen LogP contribution >= 0.6 is 0 Å². The molecule has 4 unspecified atom stereocenters. The molecule has 45 heavy (non-hydrogen) atoms. The van der Waals surface area contributed by atoms with Gasteiger partial charge in [0.15, 0.2) is 0 Å². The zero-order chi connectivity index (χ0) is 32.9. The first-order valence-electron chi connectivity index (χ1n) is 15.6. The third kappa shape index (κ3) is 8.84. The number of likely N-dealkylation sites (tertiary alicyclic amines) is 1. The van der Waals surface area contributed by atoms with Crippen molar-refractivity contribution in [1.29, 1.82) is 0 Å². The van der Waals surface area contributed by atoms with E-state index in [1.165, 1.54) is 12.7 Å². The van der Waals surface area contributed by atoms with E-state index in [2.05, 4.69) is 22.8 Å². The average Bonchev–Trinajstić information content (AvgIpc) is 3.42. The van der Waals surface area contributed by atoms with Crippen LogP contribution in [0.2, 0.25) is 0 Å². The predicted octanol–water partition coefficient (Wildman–Crippen LogP) is 5.09. The summed E-state index contributed by atoms with van der Waals surface area (Å²) in [5.74, 6) is -1.04. The van der Waals surface area contributed by atoms with E-state index in [1.54, 1.807) is 49.9 Å². The van der Waals surface area contributed by atoms with Gasteiger partial charge in [-0.05, 0) is 74.3 Å². The van der Waals surface area contributed by atoms with Gasteiger partial charge in [-0.15, -0.1) is 0 Å². The highest BCUT2D eigenvalue weighted by Crippen LogP contribution is 2.32. The minimum atomic E-state index is -0.942. The summed E-state index contributed by atoms with van der Waals surface area (Å²) in [6, 6.07) is 13.2. The van der Waals surface area contributed by atoms with Gasteiger partial charge in [0, 0.05) is 13.0 Å². The van der Waals surface area contributed by atoms with Crippen molar-refractivity contribution >= 4 is 23.9 Å². The molecule has 2 aromatic carbocycles. The van der Waals surface area contributed by atoms with Crippen molar-refractivity contribution in [3.8, 4) is 0 Å². The number of ether oxygens (including phenoxy) is 3. The monoisotopic (exact) mass is 621 g/mol. The number of fused-ring (bicyclic) bond motifs is 1. The molecule has 0 radical (unpaired) electrons. The van der Waals surface area contributed by atoms with Crippen molar-refractivity contribution in [2.75, 3.05) is 13.7 Å². The fourth-order valence-corrected chi connectivity index (χ4v) is 5.89. The van der Waals surface area contributed by atoms with Crippen molar-refractivity contribution in [2.45, 2.75) is 104 Å². The summed E-state index contributed by atoms with van der Waals surface area (Å²) >= 11 is 0. The van der Waals surface area contributed by atoms with E-state index in [9.17, 15) is 19.2 Å². The van der Waals surface area contributed by atoms with Gasteiger partial charge in [-0.3, -0.25) is 9.59 Å². The Hall–Kier alpha value is -3.92. The number of methoxy groups -OCH3 is 1. The number of nitrogens with zero attached hydrogens (tertiary/aromatic N) is 1. The summed E-state index contributed by atoms with van der Waals surface area (Å²) in [6.45, 7) is 11.3. The molecule has 0 bridgehead atoms. The van der Waals surface area contributed by atoms with Gasteiger partial charge in [0.1, 0.15) is 17.7 Å². The lowest BCUT2D eigenvalue weighted by molar-refractivity contribution is -0.142. The zero-order valence-electron chi connectivity index (χ0n) is 27.5. The first-order valence-corrected chi connectivity index (χ1v) is 15.6. The molecule has 2 aromatic rings. The van der Waals surface area contributed by atoms with Crippen molar-refractivity contribution in [2.24, 2.45) is 5.41 Å². The summed E-state index contributed by atoms with van der Waals surface area (Å²) in [5, 5.41) is 6.00. The van der Waals surface area contributed by atoms with Gasteiger partial charge < -0.3 is 29.7 Å². The van der Waals surface area contributed by atoms with Gasteiger partial charge in [-0.2, -0.15) is 0 Å². The Labute approximate surface area is 266 Å². The number of hydrogen-bond donors (Lipinski definition) is 2. The van der Waals surface area contributed by atoms with E-state index in [-0.39, 0.29) is 31.0 Å². The number of rotatable bonds is 8. The highest BCUT2D eigenvalue weighted by Gasteiger charge is 2.46. The van der Waals surface area contributed by atoms with Crippen LogP contribution in [0.25, 0.3) is 0 Å². The van der Waals surface area contributed by atoms with Crippen LogP contribution in [0, 0.1) is 5.41 Å². The number of hydrogen-bond acceptors (Lipinski definition) is 7. The van der Waals surface area contributed by atoms with E-state index in [4.69, 9.17) is 14.2 Å². The Morgan fingerprint density at radius 2 is 1.67 bits per heavy atom. The number of aryl methyl sites for hydroxylation is 1. The minimum absolute atomic E-state index is 0.147. The number of esters is 1. The quantitative estimate of drug-likeness (QED) is 0.394. The molecule has 2 N–H and O–H groups in total. The first-order chi connectivity index (χ1) is 21.2. The van der Waals surface area contributed by atoms with Gasteiger partial charge >= 0.3 is 12.1 Å². The first kappa shape index (κ1) is 34.0. The van der Waals surface area contributed by atoms with Gasteiger partial charge in [0.2, 0.25) is 11.8 Å². The highest BCUT2D eigenvalue weighted by molar-refractivity contribution is 5.92. The van der Waals surface area contributed by atoms with E-state index in [1.807, 2.05) is 32.9 Å². The molecule has 244 valence electrons. The lowest BCUT2D eigenvalue weighted by Crippen LogP contribution is -2.58. The van der Waals surface area contributed by atoms with Gasteiger partial charge in [-0.1, -0.05) is 57.2 Å². The maximum absolute atomic E-state index is 14.2. The number of carbonyl (C=O) groups is 4. The number of amides is 3. The average molecular weight is 622 g/mol. The maximum atomic E-state index is 14.2. The second kappa shape index (κ2) is 14.0. The zero-order valence-corrected chi connectivity index (χ0v) is 27.5. The topological polar surface area (TPSA) is 123 Å². The highest BCUT2D eigenvalue weighted by atomic mass is 16.6. The molecule has 0 saturated carbocycles. The normalized spacial score (nSPS) is 20.5. The molecule has 10 heteroatoms. The van der Waals surface area contributed by atoms with E-state index < -0.39 is 41.3 Å². The molecule has 1 aliphatic carbocycles. The second-order valence-electron chi connectivity index (χ2n) is 14.0. The molecule has 4 atom stereocenters. The van der Waals surface area contributed by atoms with Crippen LogP contribution in [0.1, 0.15) is 93.9 Å².